The molecule has 0 spiro atoms. The van der Waals surface area contributed by atoms with Gasteiger partial charge in [0.15, 0.2) is 11.3 Å². The van der Waals surface area contributed by atoms with Gasteiger partial charge in [0.2, 0.25) is 10.0 Å². The summed E-state index contributed by atoms with van der Waals surface area (Å²) >= 11 is 0. The summed E-state index contributed by atoms with van der Waals surface area (Å²) in [5.74, 6) is 0.279. The average molecular weight is 446 g/mol. The largest absolute Gasteiger partial charge is 0.370 e. The highest BCUT2D eigenvalue weighted by Crippen LogP contribution is 2.33. The fourth-order valence-electron chi connectivity index (χ4n) is 4.10. The zero-order valence-corrected chi connectivity index (χ0v) is 18.3. The van der Waals surface area contributed by atoms with Crippen molar-refractivity contribution in [2.24, 2.45) is 0 Å². The molecule has 4 rings (SSSR count). The van der Waals surface area contributed by atoms with Crippen LogP contribution in [0.3, 0.4) is 0 Å². The maximum atomic E-state index is 13.2. The van der Waals surface area contributed by atoms with Gasteiger partial charge in [-0.15, -0.1) is 0 Å². The molecule has 11 heteroatoms. The van der Waals surface area contributed by atoms with Crippen molar-refractivity contribution in [1.29, 1.82) is 0 Å². The normalized spacial score (nSPS) is 15.9. The maximum Gasteiger partial charge on any atom is 0.295 e. The van der Waals surface area contributed by atoms with E-state index in [-0.39, 0.29) is 22.9 Å². The molecule has 1 fully saturated rings. The van der Waals surface area contributed by atoms with Crippen molar-refractivity contribution in [1.82, 2.24) is 14.4 Å². The summed E-state index contributed by atoms with van der Waals surface area (Å²) in [6.07, 6.45) is 0.612. The molecule has 3 aromatic rings. The highest BCUT2D eigenvalue weighted by Gasteiger charge is 2.32. The lowest BCUT2D eigenvalue weighted by Gasteiger charge is -2.25. The van der Waals surface area contributed by atoms with E-state index in [1.807, 2.05) is 12.1 Å². The lowest BCUT2D eigenvalue weighted by atomic mass is 10.1. The molecule has 2 aromatic heterocycles. The molecule has 0 N–H and O–H groups in total. The van der Waals surface area contributed by atoms with Crippen LogP contribution >= 0.6 is 0 Å². The molecule has 31 heavy (non-hydrogen) atoms. The Bertz CT molecular complexity index is 1250. The predicted molar refractivity (Wildman–Crippen MR) is 115 cm³/mol. The fraction of sp³-hybridized carbons (Fsp3) is 0.400. The number of non-ortho nitro benzene ring substituents is 1. The van der Waals surface area contributed by atoms with Crippen LogP contribution in [0.2, 0.25) is 0 Å². The molecule has 0 bridgehead atoms. The number of hydrogen-bond acceptors (Lipinski definition) is 8. The molecule has 0 atom stereocenters. The van der Waals surface area contributed by atoms with Gasteiger partial charge in [-0.25, -0.2) is 13.4 Å². The zero-order chi connectivity index (χ0) is 22.3. The molecule has 3 heterocycles. The molecule has 1 saturated heterocycles. The molecular formula is C20H23N5O5S. The molecule has 1 aromatic carbocycles. The zero-order valence-electron chi connectivity index (χ0n) is 17.5. The second-order valence-electron chi connectivity index (χ2n) is 7.61. The van der Waals surface area contributed by atoms with Gasteiger partial charge >= 0.3 is 0 Å². The minimum atomic E-state index is -3.73. The van der Waals surface area contributed by atoms with Gasteiger partial charge < -0.3 is 9.42 Å². The Morgan fingerprint density at radius 3 is 2.58 bits per heavy atom. The minimum absolute atomic E-state index is 0.0418. The third kappa shape index (κ3) is 3.74. The average Bonchev–Trinajstić information content (AvgIpc) is 2.91. The van der Waals surface area contributed by atoms with Crippen molar-refractivity contribution in [2.45, 2.75) is 32.1 Å². The Labute approximate surface area is 179 Å². The number of pyridine rings is 1. The quantitative estimate of drug-likeness (QED) is 0.444. The van der Waals surface area contributed by atoms with Gasteiger partial charge in [-0.3, -0.25) is 10.1 Å². The monoisotopic (exact) mass is 445 g/mol. The van der Waals surface area contributed by atoms with Crippen molar-refractivity contribution in [3.8, 4) is 0 Å². The standard InChI is InChI=1S/C20H23N5O5S/c1-13-12-18(16-6-4-7-17(25(26)27)19(16)21-13)23-8-5-9-24(11-10-23)31(28,29)20-14(2)22-30-15(20)3/h4,6-7,12H,5,8-11H2,1-3H3. The predicted octanol–water partition coefficient (Wildman–Crippen LogP) is 2.96. The van der Waals surface area contributed by atoms with Crippen molar-refractivity contribution in [3.05, 3.63) is 51.5 Å². The molecule has 164 valence electrons. The molecule has 10 nitrogen and oxygen atoms in total. The molecule has 1 aliphatic heterocycles. The van der Waals surface area contributed by atoms with Gasteiger partial charge in [-0.2, -0.15) is 4.31 Å². The van der Waals surface area contributed by atoms with E-state index >= 15 is 0 Å². The number of benzene rings is 1. The van der Waals surface area contributed by atoms with Gasteiger partial charge in [0.1, 0.15) is 10.6 Å². The van der Waals surface area contributed by atoms with E-state index in [9.17, 15) is 18.5 Å². The lowest BCUT2D eigenvalue weighted by Crippen LogP contribution is -2.35. The van der Waals surface area contributed by atoms with Crippen molar-refractivity contribution in [2.75, 3.05) is 31.1 Å². The number of nitrogens with zero attached hydrogens (tertiary/aromatic N) is 5. The summed E-state index contributed by atoms with van der Waals surface area (Å²) in [7, 11) is -3.73. The minimum Gasteiger partial charge on any atom is -0.370 e. The SMILES string of the molecule is Cc1cc(N2CCCN(S(=O)(=O)c3c(C)noc3C)CC2)c2cccc([N+](=O)[O-])c2n1. The fourth-order valence-corrected chi connectivity index (χ4v) is 5.86. The number of anilines is 1. The summed E-state index contributed by atoms with van der Waals surface area (Å²) < 4.78 is 32.9. The summed E-state index contributed by atoms with van der Waals surface area (Å²) in [4.78, 5) is 17.6. The Kier molecular flexibility index (Phi) is 5.40. The number of rotatable bonds is 4. The van der Waals surface area contributed by atoms with Gasteiger partial charge in [-0.1, -0.05) is 17.3 Å². The van der Waals surface area contributed by atoms with Crippen LogP contribution in [0.15, 0.2) is 33.7 Å². The van der Waals surface area contributed by atoms with Gasteiger partial charge in [-0.05, 0) is 33.3 Å². The second kappa shape index (κ2) is 7.89. The van der Waals surface area contributed by atoms with Crippen LogP contribution in [-0.2, 0) is 10.0 Å². The van der Waals surface area contributed by atoms with Crippen LogP contribution < -0.4 is 4.90 Å². The van der Waals surface area contributed by atoms with E-state index in [0.717, 1.165) is 5.69 Å². The smallest absolute Gasteiger partial charge is 0.295 e. The first-order valence-electron chi connectivity index (χ1n) is 9.93. The highest BCUT2D eigenvalue weighted by atomic mass is 32.2. The van der Waals surface area contributed by atoms with Crippen LogP contribution in [0.1, 0.15) is 23.6 Å². The number of fused-ring (bicyclic) bond motifs is 1. The van der Waals surface area contributed by atoms with Crippen molar-refractivity contribution < 1.29 is 17.9 Å². The number of para-hydroxylation sites is 1. The number of aromatic nitrogens is 2. The molecule has 1 aliphatic rings. The topological polar surface area (TPSA) is 123 Å². The van der Waals surface area contributed by atoms with E-state index < -0.39 is 14.9 Å². The summed E-state index contributed by atoms with van der Waals surface area (Å²) in [6, 6.07) is 6.80. The first-order chi connectivity index (χ1) is 14.7. The summed E-state index contributed by atoms with van der Waals surface area (Å²) in [5, 5.41) is 15.9. The van der Waals surface area contributed by atoms with Gasteiger partial charge in [0, 0.05) is 49.0 Å². The van der Waals surface area contributed by atoms with Crippen LogP contribution in [0.4, 0.5) is 11.4 Å². The molecule has 0 unspecified atom stereocenters. The van der Waals surface area contributed by atoms with E-state index in [4.69, 9.17) is 4.52 Å². The number of nitro groups is 1. The Morgan fingerprint density at radius 1 is 1.13 bits per heavy atom. The van der Waals surface area contributed by atoms with Crippen LogP contribution in [-0.4, -0.2) is 54.0 Å². The Hall–Kier alpha value is -3.05. The summed E-state index contributed by atoms with van der Waals surface area (Å²) in [6.45, 7) is 6.72. The van der Waals surface area contributed by atoms with Crippen LogP contribution in [0.5, 0.6) is 0 Å². The number of aryl methyl sites for hydroxylation is 3. The Balaban J connectivity index is 1.68. The summed E-state index contributed by atoms with van der Waals surface area (Å²) in [5.41, 5.74) is 2.14. The van der Waals surface area contributed by atoms with Crippen LogP contribution in [0, 0.1) is 30.9 Å². The van der Waals surface area contributed by atoms with Crippen LogP contribution in [0.25, 0.3) is 10.9 Å². The first kappa shape index (κ1) is 21.2. The maximum absolute atomic E-state index is 13.2. The van der Waals surface area contributed by atoms with E-state index in [1.165, 1.54) is 10.4 Å². The lowest BCUT2D eigenvalue weighted by molar-refractivity contribution is -0.383. The number of sulfonamides is 1. The van der Waals surface area contributed by atoms with E-state index in [0.29, 0.717) is 48.3 Å². The van der Waals surface area contributed by atoms with Crippen molar-refractivity contribution >= 4 is 32.3 Å². The highest BCUT2D eigenvalue weighted by molar-refractivity contribution is 7.89. The molecule has 0 radical (unpaired) electrons. The second-order valence-corrected chi connectivity index (χ2v) is 9.49. The molecule has 0 amide bonds. The van der Waals surface area contributed by atoms with Gasteiger partial charge in [0.25, 0.3) is 5.69 Å². The van der Waals surface area contributed by atoms with E-state index in [1.54, 1.807) is 26.8 Å². The third-order valence-corrected chi connectivity index (χ3v) is 7.63. The first-order valence-corrected chi connectivity index (χ1v) is 11.4. The number of nitro benzene ring substituents is 1. The molecular weight excluding hydrogens is 422 g/mol. The molecule has 0 aliphatic carbocycles. The van der Waals surface area contributed by atoms with Gasteiger partial charge in [0.05, 0.1) is 4.92 Å². The third-order valence-electron chi connectivity index (χ3n) is 5.48. The molecule has 0 saturated carbocycles. The Morgan fingerprint density at radius 2 is 1.90 bits per heavy atom. The van der Waals surface area contributed by atoms with E-state index in [2.05, 4.69) is 15.0 Å². The van der Waals surface area contributed by atoms with Crippen molar-refractivity contribution in [3.63, 3.8) is 0 Å². The number of hydrogen-bond donors (Lipinski definition) is 0.